The van der Waals surface area contributed by atoms with Crippen LogP contribution in [0.4, 0.5) is 5.69 Å². The van der Waals surface area contributed by atoms with Crippen LogP contribution in [0, 0.1) is 19.8 Å². The number of aryl methyl sites for hydroxylation is 2. The highest BCUT2D eigenvalue weighted by molar-refractivity contribution is 7.80. The van der Waals surface area contributed by atoms with Crippen molar-refractivity contribution in [3.8, 4) is 5.75 Å². The predicted molar refractivity (Wildman–Crippen MR) is 141 cm³/mol. The quantitative estimate of drug-likeness (QED) is 0.379. The van der Waals surface area contributed by atoms with E-state index in [1.807, 2.05) is 80.6 Å². The van der Waals surface area contributed by atoms with Crippen LogP contribution in [0.1, 0.15) is 28.3 Å². The van der Waals surface area contributed by atoms with Crippen LogP contribution < -0.4 is 20.7 Å². The third-order valence-corrected chi connectivity index (χ3v) is 6.20. The van der Waals surface area contributed by atoms with Crippen LogP contribution in [0.5, 0.6) is 5.75 Å². The molecule has 0 aliphatic carbocycles. The van der Waals surface area contributed by atoms with Crippen LogP contribution in [-0.2, 0) is 11.4 Å². The van der Waals surface area contributed by atoms with E-state index in [1.54, 1.807) is 0 Å². The van der Waals surface area contributed by atoms with Crippen LogP contribution >= 0.6 is 23.8 Å². The number of nitrogens with one attached hydrogen (secondary N) is 3. The molecule has 1 amide bonds. The minimum absolute atomic E-state index is 0.170. The molecule has 174 valence electrons. The monoisotopic (exact) mass is 491 g/mol. The van der Waals surface area contributed by atoms with Crippen molar-refractivity contribution in [3.63, 3.8) is 0 Å². The molecule has 3 aromatic carbocycles. The number of halogens is 1. The molecule has 1 aliphatic rings. The summed E-state index contributed by atoms with van der Waals surface area (Å²) >= 11 is 11.3. The molecule has 5 nitrogen and oxygen atoms in total. The number of rotatable bonds is 6. The summed E-state index contributed by atoms with van der Waals surface area (Å²) in [6.45, 7) is 8.49. The second-order valence-electron chi connectivity index (χ2n) is 8.37. The number of anilines is 1. The van der Waals surface area contributed by atoms with Gasteiger partial charge < -0.3 is 20.7 Å². The summed E-state index contributed by atoms with van der Waals surface area (Å²) in [5, 5.41) is 10.4. The Morgan fingerprint density at radius 1 is 1.12 bits per heavy atom. The molecule has 2 atom stereocenters. The second-order valence-corrected chi connectivity index (χ2v) is 9.22. The second kappa shape index (κ2) is 10.3. The van der Waals surface area contributed by atoms with Crippen molar-refractivity contribution in [1.29, 1.82) is 0 Å². The molecule has 0 spiro atoms. The Morgan fingerprint density at radius 3 is 2.62 bits per heavy atom. The molecular formula is C27H26ClN3O2S. The summed E-state index contributed by atoms with van der Waals surface area (Å²) in [7, 11) is 0. The van der Waals surface area contributed by atoms with E-state index < -0.39 is 12.0 Å². The van der Waals surface area contributed by atoms with E-state index in [2.05, 4.69) is 22.5 Å². The first-order chi connectivity index (χ1) is 16.3. The fraction of sp³-hybridized carbons (Fsp3) is 0.185. The lowest BCUT2D eigenvalue weighted by molar-refractivity contribution is -0.119. The SMILES string of the molecule is C=C1NC(=S)N[C@H](c2cccc(OCc3ccc(Cl)cc3)c2)[C@H]1C(=O)Nc1ccc(C)cc1C. The fourth-order valence-electron chi connectivity index (χ4n) is 3.98. The van der Waals surface area contributed by atoms with Gasteiger partial charge in [-0.2, -0.15) is 0 Å². The maximum atomic E-state index is 13.4. The number of ether oxygens (including phenoxy) is 1. The lowest BCUT2D eigenvalue weighted by Gasteiger charge is -2.35. The molecule has 0 bridgehead atoms. The van der Waals surface area contributed by atoms with Crippen LogP contribution in [0.2, 0.25) is 5.02 Å². The molecule has 0 saturated carbocycles. The minimum Gasteiger partial charge on any atom is -0.489 e. The van der Waals surface area contributed by atoms with Crippen molar-refractivity contribution in [3.05, 3.63) is 106 Å². The van der Waals surface area contributed by atoms with Crippen LogP contribution in [-0.4, -0.2) is 11.0 Å². The molecule has 1 aliphatic heterocycles. The summed E-state index contributed by atoms with van der Waals surface area (Å²) in [5.41, 5.74) is 5.34. The molecule has 0 radical (unpaired) electrons. The summed E-state index contributed by atoms with van der Waals surface area (Å²) in [6.07, 6.45) is 0. The lowest BCUT2D eigenvalue weighted by Crippen LogP contribution is -2.51. The Kier molecular flexibility index (Phi) is 7.20. The number of hydrogen-bond acceptors (Lipinski definition) is 3. The highest BCUT2D eigenvalue weighted by Gasteiger charge is 2.37. The molecule has 0 unspecified atom stereocenters. The average Bonchev–Trinajstić information content (AvgIpc) is 2.80. The van der Waals surface area contributed by atoms with Gasteiger partial charge in [0.15, 0.2) is 5.11 Å². The number of carbonyl (C=O) groups excluding carboxylic acids is 1. The molecule has 34 heavy (non-hydrogen) atoms. The number of hydrogen-bond donors (Lipinski definition) is 3. The van der Waals surface area contributed by atoms with Gasteiger partial charge in [0.2, 0.25) is 5.91 Å². The number of benzene rings is 3. The van der Waals surface area contributed by atoms with Crippen LogP contribution in [0.25, 0.3) is 0 Å². The summed E-state index contributed by atoms with van der Waals surface area (Å²) < 4.78 is 5.99. The summed E-state index contributed by atoms with van der Waals surface area (Å²) in [6, 6.07) is 20.7. The normalized spacial score (nSPS) is 17.5. The number of carbonyl (C=O) groups is 1. The van der Waals surface area contributed by atoms with Gasteiger partial charge in [-0.15, -0.1) is 0 Å². The first kappa shape index (κ1) is 23.8. The maximum absolute atomic E-state index is 13.4. The van der Waals surface area contributed by atoms with Gasteiger partial charge in [-0.25, -0.2) is 0 Å². The van der Waals surface area contributed by atoms with Crippen molar-refractivity contribution in [2.24, 2.45) is 5.92 Å². The Labute approximate surface area is 210 Å². The van der Waals surface area contributed by atoms with Gasteiger partial charge in [0, 0.05) is 16.4 Å². The summed E-state index contributed by atoms with van der Waals surface area (Å²) in [4.78, 5) is 13.4. The first-order valence-electron chi connectivity index (χ1n) is 10.9. The zero-order valence-electron chi connectivity index (χ0n) is 19.0. The van der Waals surface area contributed by atoms with Crippen molar-refractivity contribution in [1.82, 2.24) is 10.6 Å². The Bertz CT molecular complexity index is 1240. The van der Waals surface area contributed by atoms with E-state index in [1.165, 1.54) is 0 Å². The van der Waals surface area contributed by atoms with Gasteiger partial charge in [-0.1, -0.05) is 60.1 Å². The highest BCUT2D eigenvalue weighted by Crippen LogP contribution is 2.32. The molecule has 1 fully saturated rings. The minimum atomic E-state index is -0.584. The van der Waals surface area contributed by atoms with E-state index in [9.17, 15) is 4.79 Å². The van der Waals surface area contributed by atoms with Crippen molar-refractivity contribution >= 4 is 40.5 Å². The topological polar surface area (TPSA) is 62.4 Å². The third kappa shape index (κ3) is 5.58. The van der Waals surface area contributed by atoms with Gasteiger partial charge in [-0.05, 0) is 73.1 Å². The van der Waals surface area contributed by atoms with Crippen molar-refractivity contribution < 1.29 is 9.53 Å². The average molecular weight is 492 g/mol. The zero-order valence-corrected chi connectivity index (χ0v) is 20.6. The highest BCUT2D eigenvalue weighted by atomic mass is 35.5. The smallest absolute Gasteiger partial charge is 0.235 e. The van der Waals surface area contributed by atoms with E-state index in [4.69, 9.17) is 28.6 Å². The molecule has 4 rings (SSSR count). The Hall–Kier alpha value is -3.35. The molecular weight excluding hydrogens is 466 g/mol. The molecule has 1 heterocycles. The number of thiocarbonyl (C=S) groups is 1. The zero-order chi connectivity index (χ0) is 24.2. The lowest BCUT2D eigenvalue weighted by atomic mass is 9.88. The maximum Gasteiger partial charge on any atom is 0.235 e. The van der Waals surface area contributed by atoms with Crippen LogP contribution in [0.3, 0.4) is 0 Å². The number of amides is 1. The molecule has 1 saturated heterocycles. The fourth-order valence-corrected chi connectivity index (χ4v) is 4.36. The molecule has 3 N–H and O–H groups in total. The van der Waals surface area contributed by atoms with Gasteiger partial charge in [0.05, 0.1) is 6.04 Å². The van der Waals surface area contributed by atoms with Gasteiger partial charge in [-0.3, -0.25) is 4.79 Å². The van der Waals surface area contributed by atoms with E-state index in [0.717, 1.165) is 27.9 Å². The molecule has 0 aromatic heterocycles. The van der Waals surface area contributed by atoms with E-state index in [0.29, 0.717) is 28.2 Å². The van der Waals surface area contributed by atoms with Gasteiger partial charge in [0.25, 0.3) is 0 Å². The molecule has 3 aromatic rings. The Morgan fingerprint density at radius 2 is 1.88 bits per heavy atom. The summed E-state index contributed by atoms with van der Waals surface area (Å²) in [5.74, 6) is -0.0614. The largest absolute Gasteiger partial charge is 0.489 e. The standard InChI is InChI=1S/C27H26ClN3O2S/c1-16-7-12-23(17(2)13-16)30-26(32)24-18(3)29-27(34)31-25(24)20-5-4-6-22(14-20)33-15-19-8-10-21(28)11-9-19/h4-14,24-25H,3,15H2,1-2H3,(H,30,32)(H2,29,31,34)/t24-,25+/m0/s1. The predicted octanol–water partition coefficient (Wildman–Crippen LogP) is 5.82. The van der Waals surface area contributed by atoms with Gasteiger partial charge >= 0.3 is 0 Å². The van der Waals surface area contributed by atoms with Crippen molar-refractivity contribution in [2.75, 3.05) is 5.32 Å². The van der Waals surface area contributed by atoms with E-state index >= 15 is 0 Å². The van der Waals surface area contributed by atoms with Crippen LogP contribution in [0.15, 0.2) is 79.0 Å². The third-order valence-electron chi connectivity index (χ3n) is 5.73. The first-order valence-corrected chi connectivity index (χ1v) is 11.7. The van der Waals surface area contributed by atoms with Crippen molar-refractivity contribution in [2.45, 2.75) is 26.5 Å². The van der Waals surface area contributed by atoms with Gasteiger partial charge in [0.1, 0.15) is 18.3 Å². The van der Waals surface area contributed by atoms with E-state index in [-0.39, 0.29) is 5.91 Å². The molecule has 7 heteroatoms. The Balaban J connectivity index is 1.55.